The Balaban J connectivity index is 1.91. The molecule has 2 aromatic rings. The molecular weight excluding hydrogens is 238 g/mol. The zero-order valence-corrected chi connectivity index (χ0v) is 9.74. The summed E-state index contributed by atoms with van der Waals surface area (Å²) in [5.41, 5.74) is 1.56. The molecule has 88 valence electrons. The number of aromatic nitrogens is 2. The number of carbonyl (C=O) groups is 1. The molecular formula is C11H10N3O2S-. The highest BCUT2D eigenvalue weighted by Gasteiger charge is 2.01. The molecule has 0 aromatic carbocycles. The Morgan fingerprint density at radius 1 is 1.53 bits per heavy atom. The van der Waals surface area contributed by atoms with E-state index in [1.807, 2.05) is 12.1 Å². The van der Waals surface area contributed by atoms with Gasteiger partial charge in [0.05, 0.1) is 5.69 Å². The van der Waals surface area contributed by atoms with Gasteiger partial charge >= 0.3 is 0 Å². The van der Waals surface area contributed by atoms with Crippen molar-refractivity contribution in [2.75, 3.05) is 5.32 Å². The van der Waals surface area contributed by atoms with Crippen LogP contribution in [0.15, 0.2) is 29.9 Å². The minimum atomic E-state index is -1.12. The molecule has 2 rings (SSSR count). The Hall–Kier alpha value is -1.95. The highest BCUT2D eigenvalue weighted by atomic mass is 32.1. The van der Waals surface area contributed by atoms with Crippen molar-refractivity contribution >= 4 is 22.4 Å². The number of thiazole rings is 1. The van der Waals surface area contributed by atoms with Crippen LogP contribution < -0.4 is 10.4 Å². The van der Waals surface area contributed by atoms with Crippen LogP contribution in [0.5, 0.6) is 0 Å². The van der Waals surface area contributed by atoms with Crippen molar-refractivity contribution in [3.63, 3.8) is 0 Å². The smallest absolute Gasteiger partial charge is 0.183 e. The zero-order valence-electron chi connectivity index (χ0n) is 8.92. The minimum Gasteiger partial charge on any atom is -0.550 e. The van der Waals surface area contributed by atoms with Gasteiger partial charge in [0.1, 0.15) is 0 Å². The average Bonchev–Trinajstić information content (AvgIpc) is 2.75. The number of aliphatic carboxylic acids is 1. The summed E-state index contributed by atoms with van der Waals surface area (Å²) >= 11 is 1.38. The van der Waals surface area contributed by atoms with Crippen LogP contribution in [0.25, 0.3) is 0 Å². The number of anilines is 1. The fraction of sp³-hybridized carbons (Fsp3) is 0.182. The van der Waals surface area contributed by atoms with E-state index in [1.165, 1.54) is 11.3 Å². The molecule has 0 aliphatic heterocycles. The largest absolute Gasteiger partial charge is 0.550 e. The number of rotatable bonds is 5. The second kappa shape index (κ2) is 5.40. The molecule has 0 saturated carbocycles. The molecule has 2 heterocycles. The first kappa shape index (κ1) is 11.5. The van der Waals surface area contributed by atoms with E-state index in [2.05, 4.69) is 15.3 Å². The first-order valence-corrected chi connectivity index (χ1v) is 5.89. The lowest BCUT2D eigenvalue weighted by molar-refractivity contribution is -0.304. The maximum absolute atomic E-state index is 10.4. The van der Waals surface area contributed by atoms with Gasteiger partial charge in [-0.25, -0.2) is 4.98 Å². The van der Waals surface area contributed by atoms with Crippen molar-refractivity contribution in [2.24, 2.45) is 0 Å². The highest BCUT2D eigenvalue weighted by Crippen LogP contribution is 2.16. The van der Waals surface area contributed by atoms with Crippen LogP contribution >= 0.6 is 11.3 Å². The molecule has 0 bridgehead atoms. The maximum Gasteiger partial charge on any atom is 0.183 e. The molecule has 2 aromatic heterocycles. The van der Waals surface area contributed by atoms with Gasteiger partial charge in [0.25, 0.3) is 0 Å². The fourth-order valence-electron chi connectivity index (χ4n) is 1.30. The quantitative estimate of drug-likeness (QED) is 0.830. The van der Waals surface area contributed by atoms with Crippen LogP contribution in [0.3, 0.4) is 0 Å². The number of hydrogen-bond donors (Lipinski definition) is 1. The molecule has 6 heteroatoms. The molecule has 0 aliphatic rings. The number of hydrogen-bond acceptors (Lipinski definition) is 6. The van der Waals surface area contributed by atoms with Crippen LogP contribution in [-0.2, 0) is 17.8 Å². The van der Waals surface area contributed by atoms with Crippen LogP contribution in [0, 0.1) is 0 Å². The van der Waals surface area contributed by atoms with Gasteiger partial charge in [0.2, 0.25) is 0 Å². The van der Waals surface area contributed by atoms with E-state index < -0.39 is 5.97 Å². The number of carboxylic acid groups (broad SMARTS) is 1. The maximum atomic E-state index is 10.4. The van der Waals surface area contributed by atoms with Crippen molar-refractivity contribution in [1.82, 2.24) is 9.97 Å². The third-order valence-electron chi connectivity index (χ3n) is 2.04. The van der Waals surface area contributed by atoms with E-state index in [4.69, 9.17) is 0 Å². The topological polar surface area (TPSA) is 77.9 Å². The Morgan fingerprint density at radius 2 is 2.41 bits per heavy atom. The van der Waals surface area contributed by atoms with Gasteiger partial charge in [-0.3, -0.25) is 4.98 Å². The molecule has 0 radical (unpaired) electrons. The van der Waals surface area contributed by atoms with E-state index in [0.717, 1.165) is 5.56 Å². The van der Waals surface area contributed by atoms with E-state index in [1.54, 1.807) is 17.8 Å². The first-order chi connectivity index (χ1) is 8.24. The normalized spacial score (nSPS) is 10.1. The highest BCUT2D eigenvalue weighted by molar-refractivity contribution is 7.13. The molecule has 0 spiro atoms. The van der Waals surface area contributed by atoms with Gasteiger partial charge in [0, 0.05) is 36.7 Å². The van der Waals surface area contributed by atoms with Crippen LogP contribution in [0.4, 0.5) is 5.13 Å². The van der Waals surface area contributed by atoms with Gasteiger partial charge in [-0.2, -0.15) is 0 Å². The zero-order chi connectivity index (χ0) is 12.1. The summed E-state index contributed by atoms with van der Waals surface area (Å²) in [6, 6.07) is 3.82. The minimum absolute atomic E-state index is 0.148. The average molecular weight is 248 g/mol. The van der Waals surface area contributed by atoms with E-state index in [0.29, 0.717) is 17.4 Å². The summed E-state index contributed by atoms with van der Waals surface area (Å²) in [5, 5.41) is 15.9. The predicted molar refractivity (Wildman–Crippen MR) is 62.4 cm³/mol. The predicted octanol–water partition coefficient (Wildman–Crippen LogP) is 0.443. The standard InChI is InChI=1S/C11H11N3O2S/c15-10(16)4-9-7-17-11(14-9)13-6-8-2-1-3-12-5-8/h1-3,5,7H,4,6H2,(H,13,14)(H,15,16)/p-1. The molecule has 5 nitrogen and oxygen atoms in total. The summed E-state index contributed by atoms with van der Waals surface area (Å²) in [6.45, 7) is 0.617. The van der Waals surface area contributed by atoms with Gasteiger partial charge in [0.15, 0.2) is 5.13 Å². The van der Waals surface area contributed by atoms with Crippen molar-refractivity contribution in [3.8, 4) is 0 Å². The second-order valence-electron chi connectivity index (χ2n) is 3.41. The number of pyridine rings is 1. The summed E-state index contributed by atoms with van der Waals surface area (Å²) < 4.78 is 0. The number of nitrogens with zero attached hydrogens (tertiary/aromatic N) is 2. The lowest BCUT2D eigenvalue weighted by Gasteiger charge is -2.01. The summed E-state index contributed by atoms with van der Waals surface area (Å²) in [7, 11) is 0. The van der Waals surface area contributed by atoms with Crippen LogP contribution in [0.2, 0.25) is 0 Å². The second-order valence-corrected chi connectivity index (χ2v) is 4.27. The first-order valence-electron chi connectivity index (χ1n) is 5.01. The SMILES string of the molecule is O=C([O-])Cc1csc(NCc2cccnc2)n1. The van der Waals surface area contributed by atoms with Gasteiger partial charge < -0.3 is 15.2 Å². The molecule has 0 aliphatic carbocycles. The lowest BCUT2D eigenvalue weighted by Crippen LogP contribution is -2.24. The number of carboxylic acids is 1. The molecule has 1 N–H and O–H groups in total. The van der Waals surface area contributed by atoms with Crippen LogP contribution in [-0.4, -0.2) is 15.9 Å². The van der Waals surface area contributed by atoms with Crippen molar-refractivity contribution < 1.29 is 9.90 Å². The summed E-state index contributed by atoms with van der Waals surface area (Å²) in [6.07, 6.45) is 3.33. The van der Waals surface area contributed by atoms with E-state index >= 15 is 0 Å². The number of carbonyl (C=O) groups excluding carboxylic acids is 1. The van der Waals surface area contributed by atoms with Crippen molar-refractivity contribution in [1.29, 1.82) is 0 Å². The fourth-order valence-corrected chi connectivity index (χ4v) is 2.01. The Labute approximate surface area is 102 Å². The molecule has 0 unspecified atom stereocenters. The van der Waals surface area contributed by atoms with Crippen molar-refractivity contribution in [2.45, 2.75) is 13.0 Å². The third kappa shape index (κ3) is 3.53. The van der Waals surface area contributed by atoms with Gasteiger partial charge in [-0.1, -0.05) is 6.07 Å². The summed E-state index contributed by atoms with van der Waals surface area (Å²) in [4.78, 5) is 18.5. The Bertz CT molecular complexity index is 498. The van der Waals surface area contributed by atoms with Gasteiger partial charge in [-0.15, -0.1) is 11.3 Å². The monoisotopic (exact) mass is 248 g/mol. The number of nitrogens with one attached hydrogen (secondary N) is 1. The molecule has 0 fully saturated rings. The van der Waals surface area contributed by atoms with E-state index in [-0.39, 0.29) is 6.42 Å². The van der Waals surface area contributed by atoms with Gasteiger partial charge in [-0.05, 0) is 11.6 Å². The molecule has 0 amide bonds. The molecule has 17 heavy (non-hydrogen) atoms. The molecule has 0 atom stereocenters. The Kier molecular flexibility index (Phi) is 3.66. The summed E-state index contributed by atoms with van der Waals surface area (Å²) in [5.74, 6) is -1.12. The lowest BCUT2D eigenvalue weighted by atomic mass is 10.3. The molecule has 0 saturated heterocycles. The van der Waals surface area contributed by atoms with Crippen LogP contribution in [0.1, 0.15) is 11.3 Å². The van der Waals surface area contributed by atoms with E-state index in [9.17, 15) is 9.90 Å². The van der Waals surface area contributed by atoms with Crippen molar-refractivity contribution in [3.05, 3.63) is 41.2 Å². The Morgan fingerprint density at radius 3 is 3.12 bits per heavy atom. The third-order valence-corrected chi connectivity index (χ3v) is 2.89.